The van der Waals surface area contributed by atoms with Crippen LogP contribution in [0.3, 0.4) is 0 Å². The van der Waals surface area contributed by atoms with Crippen molar-refractivity contribution < 1.29 is 8.83 Å². The van der Waals surface area contributed by atoms with Crippen LogP contribution < -0.4 is 4.90 Å². The highest BCUT2D eigenvalue weighted by atomic mass is 16.3. The lowest BCUT2D eigenvalue weighted by atomic mass is 9.95. The van der Waals surface area contributed by atoms with E-state index < -0.39 is 0 Å². The van der Waals surface area contributed by atoms with Gasteiger partial charge in [0.1, 0.15) is 22.3 Å². The highest BCUT2D eigenvalue weighted by Gasteiger charge is 2.18. The standard InChI is InChI=1S/C46H29NO2/c1-2-16-37-30(10-1)11-9-19-38(37)33-14-7-12-31(26-33)32-13-8-15-34(27-32)47(35-22-24-41-39-17-3-5-20-43(39)48-45(41)28-35)36-23-25-42-40-18-4-6-21-44(40)49-46(42)29-36/h1-29H. The summed E-state index contributed by atoms with van der Waals surface area (Å²) in [6.45, 7) is 0. The van der Waals surface area contributed by atoms with Gasteiger partial charge in [0, 0.05) is 50.7 Å². The third kappa shape index (κ3) is 4.59. The predicted octanol–water partition coefficient (Wildman–Crippen LogP) is 13.4. The Bertz CT molecular complexity index is 2740. The summed E-state index contributed by atoms with van der Waals surface area (Å²) < 4.78 is 12.7. The van der Waals surface area contributed by atoms with E-state index in [1.165, 1.54) is 21.9 Å². The van der Waals surface area contributed by atoms with Crippen molar-refractivity contribution in [2.75, 3.05) is 4.90 Å². The van der Waals surface area contributed by atoms with Crippen LogP contribution in [0.5, 0.6) is 0 Å². The molecule has 230 valence electrons. The van der Waals surface area contributed by atoms with Crippen molar-refractivity contribution in [3.8, 4) is 22.3 Å². The van der Waals surface area contributed by atoms with E-state index in [-0.39, 0.29) is 0 Å². The smallest absolute Gasteiger partial charge is 0.137 e. The van der Waals surface area contributed by atoms with Gasteiger partial charge in [0.25, 0.3) is 0 Å². The van der Waals surface area contributed by atoms with Crippen LogP contribution in [0.25, 0.3) is 76.9 Å². The molecule has 0 atom stereocenters. The van der Waals surface area contributed by atoms with Gasteiger partial charge in [-0.15, -0.1) is 0 Å². The molecule has 0 N–H and O–H groups in total. The Hall–Kier alpha value is -6.58. The SMILES string of the molecule is c1cc(-c2cccc(N(c3ccc4c(c3)oc3ccccc34)c3ccc4c(c3)oc3ccccc34)c2)cc(-c2cccc3ccccc23)c1. The number of furan rings is 2. The van der Waals surface area contributed by atoms with Crippen molar-refractivity contribution >= 4 is 71.7 Å². The Labute approximate surface area is 282 Å². The van der Waals surface area contributed by atoms with Gasteiger partial charge in [-0.3, -0.25) is 0 Å². The molecule has 0 aliphatic rings. The Morgan fingerprint density at radius 3 is 1.49 bits per heavy atom. The van der Waals surface area contributed by atoms with Gasteiger partial charge in [-0.25, -0.2) is 0 Å². The van der Waals surface area contributed by atoms with E-state index in [2.05, 4.69) is 157 Å². The van der Waals surface area contributed by atoms with Crippen molar-refractivity contribution in [1.82, 2.24) is 0 Å². The second-order valence-corrected chi connectivity index (χ2v) is 12.6. The molecule has 10 rings (SSSR count). The van der Waals surface area contributed by atoms with Crippen molar-refractivity contribution in [3.63, 3.8) is 0 Å². The van der Waals surface area contributed by atoms with Gasteiger partial charge in [-0.1, -0.05) is 109 Å². The minimum atomic E-state index is 0.854. The van der Waals surface area contributed by atoms with E-state index in [1.54, 1.807) is 0 Å². The second-order valence-electron chi connectivity index (χ2n) is 12.6. The molecular formula is C46H29NO2. The molecule has 49 heavy (non-hydrogen) atoms. The molecule has 0 bridgehead atoms. The first-order chi connectivity index (χ1) is 24.3. The van der Waals surface area contributed by atoms with Crippen LogP contribution in [0.1, 0.15) is 0 Å². The van der Waals surface area contributed by atoms with Crippen LogP contribution in [-0.4, -0.2) is 0 Å². The Morgan fingerprint density at radius 1 is 0.306 bits per heavy atom. The summed E-state index contributed by atoms with van der Waals surface area (Å²) in [5, 5.41) is 6.94. The predicted molar refractivity (Wildman–Crippen MR) is 204 cm³/mol. The average Bonchev–Trinajstić information content (AvgIpc) is 3.72. The van der Waals surface area contributed by atoms with Crippen LogP contribution in [0.4, 0.5) is 17.1 Å². The van der Waals surface area contributed by atoms with Gasteiger partial charge in [0.2, 0.25) is 0 Å². The zero-order valence-corrected chi connectivity index (χ0v) is 26.5. The van der Waals surface area contributed by atoms with Gasteiger partial charge in [-0.2, -0.15) is 0 Å². The fourth-order valence-corrected chi connectivity index (χ4v) is 7.32. The number of rotatable bonds is 5. The molecule has 0 unspecified atom stereocenters. The normalized spacial score (nSPS) is 11.7. The molecule has 0 radical (unpaired) electrons. The van der Waals surface area contributed by atoms with Crippen molar-refractivity contribution in [2.45, 2.75) is 0 Å². The van der Waals surface area contributed by atoms with Gasteiger partial charge in [0.15, 0.2) is 0 Å². The van der Waals surface area contributed by atoms with E-state index >= 15 is 0 Å². The quantitative estimate of drug-likeness (QED) is 0.190. The molecule has 3 heteroatoms. The highest BCUT2D eigenvalue weighted by molar-refractivity contribution is 6.08. The highest BCUT2D eigenvalue weighted by Crippen LogP contribution is 2.42. The van der Waals surface area contributed by atoms with Gasteiger partial charge < -0.3 is 13.7 Å². The number of benzene rings is 8. The van der Waals surface area contributed by atoms with Crippen molar-refractivity contribution in [2.24, 2.45) is 0 Å². The molecule has 0 amide bonds. The van der Waals surface area contributed by atoms with Gasteiger partial charge >= 0.3 is 0 Å². The van der Waals surface area contributed by atoms with E-state index in [0.29, 0.717) is 0 Å². The van der Waals surface area contributed by atoms with Gasteiger partial charge in [-0.05, 0) is 87.6 Å². The molecule has 0 spiro atoms. The second kappa shape index (κ2) is 11.0. The lowest BCUT2D eigenvalue weighted by molar-refractivity contribution is 0.669. The molecule has 10 aromatic rings. The molecule has 8 aromatic carbocycles. The summed E-state index contributed by atoms with van der Waals surface area (Å²) in [6.07, 6.45) is 0. The Morgan fingerprint density at radius 2 is 0.796 bits per heavy atom. The molecule has 0 saturated heterocycles. The van der Waals surface area contributed by atoms with Crippen LogP contribution in [0.15, 0.2) is 185 Å². The number of nitrogens with zero attached hydrogens (tertiary/aromatic N) is 1. The molecule has 0 aliphatic carbocycles. The maximum absolute atomic E-state index is 6.36. The van der Waals surface area contributed by atoms with E-state index in [1.807, 2.05) is 24.3 Å². The number of hydrogen-bond acceptors (Lipinski definition) is 3. The monoisotopic (exact) mass is 627 g/mol. The average molecular weight is 628 g/mol. The van der Waals surface area contributed by atoms with E-state index in [0.717, 1.165) is 72.1 Å². The van der Waals surface area contributed by atoms with Crippen molar-refractivity contribution in [3.05, 3.63) is 176 Å². The third-order valence-corrected chi connectivity index (χ3v) is 9.64. The minimum absolute atomic E-state index is 0.854. The molecule has 0 aliphatic heterocycles. The number of fused-ring (bicyclic) bond motifs is 7. The van der Waals surface area contributed by atoms with Crippen LogP contribution in [-0.2, 0) is 0 Å². The minimum Gasteiger partial charge on any atom is -0.456 e. The fourth-order valence-electron chi connectivity index (χ4n) is 7.32. The Balaban J connectivity index is 1.13. The van der Waals surface area contributed by atoms with E-state index in [4.69, 9.17) is 8.83 Å². The molecular weight excluding hydrogens is 599 g/mol. The first-order valence-electron chi connectivity index (χ1n) is 16.6. The van der Waals surface area contributed by atoms with Crippen LogP contribution in [0, 0.1) is 0 Å². The zero-order valence-electron chi connectivity index (χ0n) is 26.5. The van der Waals surface area contributed by atoms with Crippen LogP contribution >= 0.6 is 0 Å². The first-order valence-corrected chi connectivity index (χ1v) is 16.6. The first kappa shape index (κ1) is 27.5. The van der Waals surface area contributed by atoms with Crippen LogP contribution in [0.2, 0.25) is 0 Å². The lowest BCUT2D eigenvalue weighted by Crippen LogP contribution is -2.09. The number of anilines is 3. The summed E-state index contributed by atoms with van der Waals surface area (Å²) in [5.41, 5.74) is 11.3. The van der Waals surface area contributed by atoms with Crippen molar-refractivity contribution in [1.29, 1.82) is 0 Å². The third-order valence-electron chi connectivity index (χ3n) is 9.64. The molecule has 0 fully saturated rings. The fraction of sp³-hybridized carbons (Fsp3) is 0. The maximum Gasteiger partial charge on any atom is 0.137 e. The molecule has 2 aromatic heterocycles. The number of para-hydroxylation sites is 2. The summed E-state index contributed by atoms with van der Waals surface area (Å²) in [6, 6.07) is 62.1. The Kier molecular flexibility index (Phi) is 6.18. The molecule has 0 saturated carbocycles. The summed E-state index contributed by atoms with van der Waals surface area (Å²) in [5.74, 6) is 0. The number of hydrogen-bond donors (Lipinski definition) is 0. The maximum atomic E-state index is 6.36. The molecule has 3 nitrogen and oxygen atoms in total. The lowest BCUT2D eigenvalue weighted by Gasteiger charge is -2.26. The summed E-state index contributed by atoms with van der Waals surface area (Å²) in [7, 11) is 0. The topological polar surface area (TPSA) is 29.5 Å². The largest absolute Gasteiger partial charge is 0.456 e. The molecule has 2 heterocycles. The zero-order chi connectivity index (χ0) is 32.3. The van der Waals surface area contributed by atoms with Gasteiger partial charge in [0.05, 0.1) is 0 Å². The van der Waals surface area contributed by atoms with E-state index in [9.17, 15) is 0 Å². The summed E-state index contributed by atoms with van der Waals surface area (Å²) >= 11 is 0. The summed E-state index contributed by atoms with van der Waals surface area (Å²) in [4.78, 5) is 2.29.